The van der Waals surface area contributed by atoms with Gasteiger partial charge in [0.05, 0.1) is 24.6 Å². The van der Waals surface area contributed by atoms with Crippen LogP contribution >= 0.6 is 23.5 Å². The van der Waals surface area contributed by atoms with Gasteiger partial charge in [-0.15, -0.1) is 0 Å². The van der Waals surface area contributed by atoms with E-state index in [9.17, 15) is 4.79 Å². The van der Waals surface area contributed by atoms with Gasteiger partial charge in [0, 0.05) is 42.9 Å². The molecule has 0 spiro atoms. The largest absolute Gasteiger partial charge is 0.358 e. The SMILES string of the molecule is CCN(C(=O)CCN(C)Sc1cccc([NH2+]C)c1)/C(=C/Nc1cccnc1)C(=N)Cl. The number of aromatic nitrogens is 1. The molecule has 9 heteroatoms. The summed E-state index contributed by atoms with van der Waals surface area (Å²) in [6, 6.07) is 11.9. The first-order valence-electron chi connectivity index (χ1n) is 9.64. The van der Waals surface area contributed by atoms with Crippen LogP contribution in [-0.2, 0) is 4.79 Å². The van der Waals surface area contributed by atoms with Crippen LogP contribution in [-0.4, -0.2) is 52.5 Å². The summed E-state index contributed by atoms with van der Waals surface area (Å²) in [4.78, 5) is 19.5. The van der Waals surface area contributed by atoms with E-state index in [0.29, 0.717) is 25.2 Å². The molecule has 1 aromatic carbocycles. The molecule has 0 aliphatic heterocycles. The van der Waals surface area contributed by atoms with Crippen LogP contribution in [0.25, 0.3) is 0 Å². The number of pyridine rings is 1. The number of nitrogens with zero attached hydrogens (tertiary/aromatic N) is 3. The Morgan fingerprint density at radius 2 is 2.17 bits per heavy atom. The lowest BCUT2D eigenvalue weighted by molar-refractivity contribution is -0.539. The first-order chi connectivity index (χ1) is 14.4. The molecule has 0 saturated carbocycles. The molecular formula is C21H28ClN6OS+. The third-order valence-electron chi connectivity index (χ3n) is 4.26. The van der Waals surface area contributed by atoms with Gasteiger partial charge in [0.1, 0.15) is 10.9 Å². The lowest BCUT2D eigenvalue weighted by atomic mass is 10.3. The second kappa shape index (κ2) is 12.3. The first kappa shape index (κ1) is 23.9. The Labute approximate surface area is 187 Å². The second-order valence-corrected chi connectivity index (χ2v) is 8.08. The van der Waals surface area contributed by atoms with E-state index in [0.717, 1.165) is 16.3 Å². The number of carbonyl (C=O) groups is 1. The van der Waals surface area contributed by atoms with E-state index in [1.807, 2.05) is 43.5 Å². The van der Waals surface area contributed by atoms with Gasteiger partial charge >= 0.3 is 0 Å². The Balaban J connectivity index is 1.98. The minimum absolute atomic E-state index is 0.0924. The average molecular weight is 448 g/mol. The topological polar surface area (TPSA) is 88.9 Å². The number of hydrogen-bond acceptors (Lipinski definition) is 6. The second-order valence-electron chi connectivity index (χ2n) is 6.42. The van der Waals surface area contributed by atoms with Gasteiger partial charge in [0.2, 0.25) is 5.91 Å². The number of benzene rings is 1. The Hall–Kier alpha value is -2.39. The summed E-state index contributed by atoms with van der Waals surface area (Å²) in [6.07, 6.45) is 5.21. The zero-order chi connectivity index (χ0) is 21.9. The van der Waals surface area contributed by atoms with Crippen molar-refractivity contribution in [1.29, 1.82) is 5.41 Å². The number of halogens is 1. The smallest absolute Gasteiger partial charge is 0.228 e. The highest BCUT2D eigenvalue weighted by Gasteiger charge is 2.19. The zero-order valence-corrected chi connectivity index (χ0v) is 19.0. The lowest BCUT2D eigenvalue weighted by Crippen LogP contribution is -2.72. The number of anilines is 1. The summed E-state index contributed by atoms with van der Waals surface area (Å²) in [7, 11) is 3.97. The van der Waals surface area contributed by atoms with Crippen LogP contribution in [0.4, 0.5) is 11.4 Å². The first-order valence-corrected chi connectivity index (χ1v) is 10.8. The molecule has 0 saturated heterocycles. The summed E-state index contributed by atoms with van der Waals surface area (Å²) in [6.45, 7) is 2.85. The van der Waals surface area contributed by atoms with E-state index in [2.05, 4.69) is 27.8 Å². The molecule has 2 aromatic rings. The number of nitrogens with one attached hydrogen (secondary N) is 2. The normalized spacial score (nSPS) is 11.4. The van der Waals surface area contributed by atoms with Crippen LogP contribution in [0.1, 0.15) is 13.3 Å². The van der Waals surface area contributed by atoms with Crippen molar-refractivity contribution in [3.05, 3.63) is 60.7 Å². The summed E-state index contributed by atoms with van der Waals surface area (Å²) in [5, 5.41) is 12.8. The maximum Gasteiger partial charge on any atom is 0.228 e. The molecular weight excluding hydrogens is 420 g/mol. The standard InChI is InChI=1S/C21H27ClN6OS/c1-4-28(19(21(22)23)15-26-17-8-6-11-25-14-17)20(29)10-12-27(3)30-18-9-5-7-16(13-18)24-2/h5-9,11,13-15,23-24,26H,4,10,12H2,1-3H3/p+1/b19-15+,23-21?. The molecule has 0 bridgehead atoms. The van der Waals surface area contributed by atoms with E-state index in [4.69, 9.17) is 17.0 Å². The molecule has 1 aromatic heterocycles. The number of quaternary nitrogens is 1. The maximum atomic E-state index is 12.8. The van der Waals surface area contributed by atoms with Crippen LogP contribution in [0.2, 0.25) is 0 Å². The van der Waals surface area contributed by atoms with Crippen molar-refractivity contribution < 1.29 is 10.1 Å². The third-order valence-corrected chi connectivity index (χ3v) is 5.42. The lowest BCUT2D eigenvalue weighted by Gasteiger charge is -2.24. The molecule has 4 N–H and O–H groups in total. The molecule has 0 aliphatic carbocycles. The van der Waals surface area contributed by atoms with E-state index in [1.165, 1.54) is 4.90 Å². The van der Waals surface area contributed by atoms with Gasteiger partial charge in [-0.1, -0.05) is 17.7 Å². The van der Waals surface area contributed by atoms with Gasteiger partial charge in [0.25, 0.3) is 0 Å². The highest BCUT2D eigenvalue weighted by Crippen LogP contribution is 2.23. The molecule has 7 nitrogen and oxygen atoms in total. The fourth-order valence-corrected chi connectivity index (χ4v) is 3.73. The Bertz CT molecular complexity index is 877. The number of hydrogen-bond donors (Lipinski definition) is 3. The van der Waals surface area contributed by atoms with E-state index in [1.54, 1.807) is 36.6 Å². The van der Waals surface area contributed by atoms with Gasteiger partial charge in [-0.05, 0) is 50.2 Å². The minimum atomic E-state index is -0.197. The number of amides is 1. The molecule has 30 heavy (non-hydrogen) atoms. The van der Waals surface area contributed by atoms with Crippen molar-refractivity contribution in [2.45, 2.75) is 18.2 Å². The summed E-state index contributed by atoms with van der Waals surface area (Å²) in [5.41, 5.74) is 2.24. The Morgan fingerprint density at radius 3 is 2.80 bits per heavy atom. The van der Waals surface area contributed by atoms with Crippen molar-refractivity contribution in [2.24, 2.45) is 0 Å². The van der Waals surface area contributed by atoms with Crippen LogP contribution in [0.3, 0.4) is 0 Å². The summed E-state index contributed by atoms with van der Waals surface area (Å²) >= 11 is 7.57. The minimum Gasteiger partial charge on any atom is -0.358 e. The van der Waals surface area contributed by atoms with E-state index >= 15 is 0 Å². The molecule has 0 aliphatic rings. The molecule has 1 heterocycles. The van der Waals surface area contributed by atoms with Crippen LogP contribution in [0, 0.1) is 5.41 Å². The van der Waals surface area contributed by atoms with Crippen molar-refractivity contribution in [3.63, 3.8) is 0 Å². The van der Waals surface area contributed by atoms with E-state index in [-0.39, 0.29) is 11.1 Å². The van der Waals surface area contributed by atoms with Gasteiger partial charge in [-0.25, -0.2) is 4.31 Å². The van der Waals surface area contributed by atoms with Gasteiger partial charge in [0.15, 0.2) is 0 Å². The average Bonchev–Trinajstić information content (AvgIpc) is 2.75. The summed E-state index contributed by atoms with van der Waals surface area (Å²) < 4.78 is 2.03. The monoisotopic (exact) mass is 447 g/mol. The van der Waals surface area contributed by atoms with Crippen molar-refractivity contribution >= 4 is 46.0 Å². The number of carbonyl (C=O) groups excluding carboxylic acids is 1. The van der Waals surface area contributed by atoms with Crippen molar-refractivity contribution in [2.75, 3.05) is 32.5 Å². The Morgan fingerprint density at radius 1 is 1.37 bits per heavy atom. The van der Waals surface area contributed by atoms with Crippen molar-refractivity contribution in [3.8, 4) is 0 Å². The highest BCUT2D eigenvalue weighted by molar-refractivity contribution is 7.97. The fraction of sp³-hybridized carbons (Fsp3) is 0.286. The molecule has 0 fully saturated rings. The Kier molecular flexibility index (Phi) is 9.82. The molecule has 2 rings (SSSR count). The number of rotatable bonds is 11. The van der Waals surface area contributed by atoms with E-state index < -0.39 is 0 Å². The summed E-state index contributed by atoms with van der Waals surface area (Å²) in [5.74, 6) is -0.0924. The fourth-order valence-electron chi connectivity index (χ4n) is 2.71. The number of nitrogens with two attached hydrogens (primary N) is 1. The molecule has 0 atom stereocenters. The maximum absolute atomic E-state index is 12.8. The quantitative estimate of drug-likeness (QED) is 0.279. The predicted octanol–water partition coefficient (Wildman–Crippen LogP) is 3.25. The third kappa shape index (κ3) is 7.46. The van der Waals surface area contributed by atoms with Crippen molar-refractivity contribution in [1.82, 2.24) is 14.2 Å². The van der Waals surface area contributed by atoms with Gasteiger partial charge in [-0.3, -0.25) is 15.2 Å². The zero-order valence-electron chi connectivity index (χ0n) is 17.4. The molecule has 160 valence electrons. The van der Waals surface area contributed by atoms with Crippen LogP contribution in [0.15, 0.2) is 65.6 Å². The van der Waals surface area contributed by atoms with Crippen LogP contribution in [0.5, 0.6) is 0 Å². The van der Waals surface area contributed by atoms with Crippen LogP contribution < -0.4 is 10.6 Å². The van der Waals surface area contributed by atoms with Gasteiger partial charge in [-0.2, -0.15) is 0 Å². The molecule has 0 radical (unpaired) electrons. The number of allylic oxidation sites excluding steroid dienone is 1. The highest BCUT2D eigenvalue weighted by atomic mass is 35.5. The molecule has 1 amide bonds. The molecule has 0 unspecified atom stereocenters. The van der Waals surface area contributed by atoms with Gasteiger partial charge < -0.3 is 15.5 Å². The predicted molar refractivity (Wildman–Crippen MR) is 124 cm³/mol.